The minimum atomic E-state index is -0.660. The molecule has 2 aromatic carbocycles. The van der Waals surface area contributed by atoms with Crippen molar-refractivity contribution in [1.82, 2.24) is 4.98 Å². The number of para-hydroxylation sites is 1. The van der Waals surface area contributed by atoms with Gasteiger partial charge >= 0.3 is 0 Å². The number of anilines is 2. The third-order valence-corrected chi connectivity index (χ3v) is 4.45. The molecule has 3 aromatic rings. The predicted octanol–water partition coefficient (Wildman–Crippen LogP) is 2.17. The van der Waals surface area contributed by atoms with Crippen LogP contribution in [0.15, 0.2) is 48.7 Å². The van der Waals surface area contributed by atoms with Crippen molar-refractivity contribution in [3.05, 3.63) is 59.8 Å². The van der Waals surface area contributed by atoms with Gasteiger partial charge in [-0.05, 0) is 41.8 Å². The molecule has 0 spiro atoms. The normalized spacial score (nSPS) is 14.2. The van der Waals surface area contributed by atoms with Crippen LogP contribution >= 0.6 is 0 Å². The smallest absolute Gasteiger partial charge is 0.241 e. The van der Waals surface area contributed by atoms with Crippen LogP contribution in [0.2, 0.25) is 0 Å². The number of fused-ring (bicyclic) bond motifs is 2. The van der Waals surface area contributed by atoms with E-state index < -0.39 is 6.04 Å². The Bertz CT molecular complexity index is 976. The lowest BCUT2D eigenvalue weighted by atomic mass is 10.0. The number of hydrogen-bond acceptors (Lipinski definition) is 3. The molecule has 1 atom stereocenters. The van der Waals surface area contributed by atoms with Crippen molar-refractivity contribution in [2.45, 2.75) is 18.9 Å². The summed E-state index contributed by atoms with van der Waals surface area (Å²) < 4.78 is 0. The Kier molecular flexibility index (Phi) is 3.74. The number of rotatable bonds is 4. The highest BCUT2D eigenvalue weighted by Crippen LogP contribution is 2.26. The fraction of sp³-hybridized carbons (Fsp3) is 0.158. The number of aromatic nitrogens is 1. The van der Waals surface area contributed by atoms with E-state index in [0.29, 0.717) is 18.5 Å². The second-order valence-corrected chi connectivity index (χ2v) is 6.26. The predicted molar refractivity (Wildman–Crippen MR) is 97.4 cm³/mol. The number of carbonyl (C=O) groups excluding carboxylic acids is 2. The standard InChI is InChI=1S/C19H18N4O2/c20-15(8-12-10-21-17-4-2-1-3-14(12)17)19(25)22-13-5-6-16-11(7-13)9-18(24)23-16/h1-7,10,15,21H,8-9,20H2,(H,22,25)(H,23,24)/t15-/m0/s1. The quantitative estimate of drug-likeness (QED) is 0.588. The third-order valence-electron chi connectivity index (χ3n) is 4.45. The van der Waals surface area contributed by atoms with Gasteiger partial charge in [-0.25, -0.2) is 0 Å². The largest absolute Gasteiger partial charge is 0.361 e. The summed E-state index contributed by atoms with van der Waals surface area (Å²) in [6.45, 7) is 0. The number of carbonyl (C=O) groups is 2. The molecule has 0 aliphatic carbocycles. The van der Waals surface area contributed by atoms with Crippen molar-refractivity contribution < 1.29 is 9.59 Å². The molecule has 6 nitrogen and oxygen atoms in total. The number of nitrogens with two attached hydrogens (primary N) is 1. The number of amides is 2. The summed E-state index contributed by atoms with van der Waals surface area (Å²) in [5.74, 6) is -0.281. The molecule has 5 N–H and O–H groups in total. The molecule has 2 amide bonds. The number of aromatic amines is 1. The molecule has 0 radical (unpaired) electrons. The molecule has 0 saturated heterocycles. The first kappa shape index (κ1) is 15.4. The summed E-state index contributed by atoms with van der Waals surface area (Å²) in [6.07, 6.45) is 2.67. The molecule has 1 aliphatic rings. The van der Waals surface area contributed by atoms with E-state index in [0.717, 1.165) is 27.7 Å². The van der Waals surface area contributed by atoms with Crippen molar-refractivity contribution in [2.75, 3.05) is 10.6 Å². The number of hydrogen-bond donors (Lipinski definition) is 4. The van der Waals surface area contributed by atoms with Crippen LogP contribution in [0, 0.1) is 0 Å². The van der Waals surface area contributed by atoms with E-state index in [1.165, 1.54) is 0 Å². The van der Waals surface area contributed by atoms with Crippen LogP contribution < -0.4 is 16.4 Å². The lowest BCUT2D eigenvalue weighted by Crippen LogP contribution is -2.37. The highest BCUT2D eigenvalue weighted by Gasteiger charge is 2.20. The molecule has 4 rings (SSSR count). The van der Waals surface area contributed by atoms with Crippen LogP contribution in [0.5, 0.6) is 0 Å². The Morgan fingerprint density at radius 3 is 2.96 bits per heavy atom. The van der Waals surface area contributed by atoms with E-state index in [4.69, 9.17) is 5.73 Å². The van der Waals surface area contributed by atoms with Gasteiger partial charge in [-0.2, -0.15) is 0 Å². The summed E-state index contributed by atoms with van der Waals surface area (Å²) in [5, 5.41) is 6.68. The molecule has 126 valence electrons. The van der Waals surface area contributed by atoms with Crippen LogP contribution in [0.25, 0.3) is 10.9 Å². The Hall–Kier alpha value is -3.12. The number of H-pyrrole nitrogens is 1. The molecule has 25 heavy (non-hydrogen) atoms. The van der Waals surface area contributed by atoms with Gasteiger partial charge in [0.05, 0.1) is 12.5 Å². The van der Waals surface area contributed by atoms with E-state index in [-0.39, 0.29) is 11.8 Å². The summed E-state index contributed by atoms with van der Waals surface area (Å²) in [4.78, 5) is 27.0. The molecule has 0 unspecified atom stereocenters. The molecular weight excluding hydrogens is 316 g/mol. The van der Waals surface area contributed by atoms with Crippen molar-refractivity contribution in [3.8, 4) is 0 Å². The highest BCUT2D eigenvalue weighted by molar-refractivity contribution is 6.01. The van der Waals surface area contributed by atoms with Gasteiger partial charge in [-0.3, -0.25) is 9.59 Å². The topological polar surface area (TPSA) is 100 Å². The molecular formula is C19H18N4O2. The van der Waals surface area contributed by atoms with Crippen molar-refractivity contribution in [3.63, 3.8) is 0 Å². The van der Waals surface area contributed by atoms with Gasteiger partial charge in [0.25, 0.3) is 0 Å². The number of nitrogens with one attached hydrogen (secondary N) is 3. The van der Waals surface area contributed by atoms with Crippen molar-refractivity contribution in [2.24, 2.45) is 5.73 Å². The van der Waals surface area contributed by atoms with Crippen molar-refractivity contribution >= 4 is 34.1 Å². The molecule has 2 heterocycles. The summed E-state index contributed by atoms with van der Waals surface area (Å²) >= 11 is 0. The Labute approximate surface area is 144 Å². The fourth-order valence-electron chi connectivity index (χ4n) is 3.17. The molecule has 0 bridgehead atoms. The fourth-order valence-corrected chi connectivity index (χ4v) is 3.17. The number of benzene rings is 2. The van der Waals surface area contributed by atoms with Gasteiger partial charge in [0.2, 0.25) is 11.8 Å². The van der Waals surface area contributed by atoms with Gasteiger partial charge in [-0.15, -0.1) is 0 Å². The Balaban J connectivity index is 1.46. The van der Waals surface area contributed by atoms with Crippen LogP contribution in [-0.4, -0.2) is 22.8 Å². The maximum atomic E-state index is 12.4. The van der Waals surface area contributed by atoms with Gasteiger partial charge in [0.1, 0.15) is 0 Å². The lowest BCUT2D eigenvalue weighted by molar-refractivity contribution is -0.117. The van der Waals surface area contributed by atoms with Crippen LogP contribution in [0.3, 0.4) is 0 Å². The summed E-state index contributed by atoms with van der Waals surface area (Å²) in [5.41, 5.74) is 10.5. The summed E-state index contributed by atoms with van der Waals surface area (Å²) in [7, 11) is 0. The van der Waals surface area contributed by atoms with Crippen LogP contribution in [0.4, 0.5) is 11.4 Å². The van der Waals surface area contributed by atoms with Crippen LogP contribution in [-0.2, 0) is 22.4 Å². The molecule has 0 saturated carbocycles. The minimum absolute atomic E-state index is 0.0329. The molecule has 1 aromatic heterocycles. The second kappa shape index (κ2) is 6.07. The molecule has 1 aliphatic heterocycles. The van der Waals surface area contributed by atoms with Crippen LogP contribution in [0.1, 0.15) is 11.1 Å². The Morgan fingerprint density at radius 2 is 2.08 bits per heavy atom. The van der Waals surface area contributed by atoms with Gasteiger partial charge in [-0.1, -0.05) is 18.2 Å². The van der Waals surface area contributed by atoms with E-state index in [1.54, 1.807) is 12.1 Å². The molecule has 6 heteroatoms. The minimum Gasteiger partial charge on any atom is -0.361 e. The third kappa shape index (κ3) is 2.99. The van der Waals surface area contributed by atoms with E-state index in [9.17, 15) is 9.59 Å². The van der Waals surface area contributed by atoms with E-state index in [2.05, 4.69) is 15.6 Å². The van der Waals surface area contributed by atoms with Crippen molar-refractivity contribution in [1.29, 1.82) is 0 Å². The average Bonchev–Trinajstić information content (AvgIpc) is 3.17. The zero-order valence-corrected chi connectivity index (χ0v) is 13.5. The second-order valence-electron chi connectivity index (χ2n) is 6.26. The maximum absolute atomic E-state index is 12.4. The molecule has 0 fully saturated rings. The first-order valence-electron chi connectivity index (χ1n) is 8.14. The van der Waals surface area contributed by atoms with Gasteiger partial charge in [0, 0.05) is 28.5 Å². The first-order chi connectivity index (χ1) is 12.1. The zero-order valence-electron chi connectivity index (χ0n) is 13.5. The zero-order chi connectivity index (χ0) is 17.4. The SMILES string of the molecule is N[C@@H](Cc1c[nH]c2ccccc12)C(=O)Nc1ccc2c(c1)CC(=O)N2. The van der Waals surface area contributed by atoms with Gasteiger partial charge < -0.3 is 21.4 Å². The first-order valence-corrected chi connectivity index (χ1v) is 8.14. The lowest BCUT2D eigenvalue weighted by Gasteiger charge is -2.12. The van der Waals surface area contributed by atoms with E-state index >= 15 is 0 Å². The maximum Gasteiger partial charge on any atom is 0.241 e. The summed E-state index contributed by atoms with van der Waals surface area (Å²) in [6, 6.07) is 12.6. The highest BCUT2D eigenvalue weighted by atomic mass is 16.2. The monoisotopic (exact) mass is 334 g/mol. The average molecular weight is 334 g/mol. The Morgan fingerprint density at radius 1 is 1.24 bits per heavy atom. The van der Waals surface area contributed by atoms with E-state index in [1.807, 2.05) is 36.5 Å². The van der Waals surface area contributed by atoms with Gasteiger partial charge in [0.15, 0.2) is 0 Å².